The number of carbonyl (C=O) groups is 1. The molecule has 1 unspecified atom stereocenters. The van der Waals surface area contributed by atoms with Crippen molar-refractivity contribution in [2.45, 2.75) is 76.7 Å². The van der Waals surface area contributed by atoms with E-state index in [-0.39, 0.29) is 18.2 Å². The molecule has 2 fully saturated rings. The highest BCUT2D eigenvalue weighted by Gasteiger charge is 2.19. The highest BCUT2D eigenvalue weighted by atomic mass is 16.8. The molecule has 166 valence electrons. The first-order valence-corrected chi connectivity index (χ1v) is 11.1. The Bertz CT molecular complexity index is 670. The molecule has 1 aliphatic heterocycles. The van der Waals surface area contributed by atoms with Crippen molar-refractivity contribution < 1.29 is 14.4 Å². The fraction of sp³-hybridized carbons (Fsp3) is 0.682. The van der Waals surface area contributed by atoms with Crippen molar-refractivity contribution in [2.75, 3.05) is 25.5 Å². The number of anilines is 1. The Morgan fingerprint density at radius 2 is 2.03 bits per heavy atom. The third-order valence-electron chi connectivity index (χ3n) is 5.66. The molecule has 0 aromatic carbocycles. The van der Waals surface area contributed by atoms with Gasteiger partial charge in [-0.3, -0.25) is 9.78 Å². The average Bonchev–Trinajstić information content (AvgIpc) is 2.78. The van der Waals surface area contributed by atoms with Crippen LogP contribution < -0.4 is 10.8 Å². The summed E-state index contributed by atoms with van der Waals surface area (Å²) in [6, 6.07) is 0.971. The Balaban J connectivity index is 1.39. The Labute approximate surface area is 179 Å². The molecule has 1 saturated heterocycles. The third kappa shape index (κ3) is 7.66. The monoisotopic (exact) mass is 417 g/mol. The minimum atomic E-state index is -0.361. The molecule has 1 aliphatic carbocycles. The fourth-order valence-corrected chi connectivity index (χ4v) is 4.02. The first-order valence-electron chi connectivity index (χ1n) is 11.1. The number of hydrogen-bond acceptors (Lipinski definition) is 7. The van der Waals surface area contributed by atoms with E-state index in [1.54, 1.807) is 18.5 Å². The second-order valence-electron chi connectivity index (χ2n) is 8.32. The van der Waals surface area contributed by atoms with Crippen LogP contribution in [0.25, 0.3) is 6.08 Å². The predicted octanol–water partition coefficient (Wildman–Crippen LogP) is 3.13. The summed E-state index contributed by atoms with van der Waals surface area (Å²) in [5, 5.41) is 3.41. The number of hydroxylamine groups is 1. The van der Waals surface area contributed by atoms with Crippen LogP contribution in [-0.2, 0) is 14.4 Å². The zero-order valence-electron chi connectivity index (χ0n) is 18.2. The predicted molar refractivity (Wildman–Crippen MR) is 116 cm³/mol. The Hall–Kier alpha value is -2.03. The number of aromatic nitrogens is 2. The molecule has 1 aromatic heterocycles. The van der Waals surface area contributed by atoms with Crippen LogP contribution in [0.15, 0.2) is 18.5 Å². The molecule has 0 spiro atoms. The number of carbonyl (C=O) groups excluding carboxylic acids is 1. The smallest absolute Gasteiger partial charge is 0.267 e. The van der Waals surface area contributed by atoms with Gasteiger partial charge in [0.15, 0.2) is 6.29 Å². The van der Waals surface area contributed by atoms with Crippen molar-refractivity contribution in [1.82, 2.24) is 20.3 Å². The zero-order valence-corrected chi connectivity index (χ0v) is 18.2. The first kappa shape index (κ1) is 22.7. The van der Waals surface area contributed by atoms with Crippen LogP contribution in [0.2, 0.25) is 0 Å². The van der Waals surface area contributed by atoms with Crippen LogP contribution >= 0.6 is 0 Å². The molecular formula is C22H35N5O3. The Morgan fingerprint density at radius 3 is 2.73 bits per heavy atom. The van der Waals surface area contributed by atoms with Crippen LogP contribution in [0, 0.1) is 0 Å². The van der Waals surface area contributed by atoms with Gasteiger partial charge in [-0.15, -0.1) is 0 Å². The van der Waals surface area contributed by atoms with E-state index < -0.39 is 0 Å². The number of likely N-dealkylation sites (N-methyl/N-ethyl adjacent to an activating group) is 1. The SMILES string of the molecule is C[C@H](CN(C)C1CCCCC1)Nc1cnc(C=CC(=O)NOC2CCCCO2)cn1. The van der Waals surface area contributed by atoms with Gasteiger partial charge in [-0.05, 0) is 45.7 Å². The number of hydrogen-bond donors (Lipinski definition) is 2. The van der Waals surface area contributed by atoms with Gasteiger partial charge in [0.2, 0.25) is 0 Å². The van der Waals surface area contributed by atoms with E-state index in [0.29, 0.717) is 18.3 Å². The number of nitrogens with one attached hydrogen (secondary N) is 2. The molecule has 2 N–H and O–H groups in total. The lowest BCUT2D eigenvalue weighted by Crippen LogP contribution is -2.40. The van der Waals surface area contributed by atoms with Crippen LogP contribution in [0.3, 0.4) is 0 Å². The van der Waals surface area contributed by atoms with E-state index in [1.165, 1.54) is 38.2 Å². The summed E-state index contributed by atoms with van der Waals surface area (Å²) in [7, 11) is 2.21. The van der Waals surface area contributed by atoms with E-state index in [9.17, 15) is 4.79 Å². The van der Waals surface area contributed by atoms with Gasteiger partial charge in [-0.1, -0.05) is 19.3 Å². The molecule has 30 heavy (non-hydrogen) atoms. The maximum Gasteiger partial charge on any atom is 0.267 e. The van der Waals surface area contributed by atoms with Crippen LogP contribution in [0.5, 0.6) is 0 Å². The summed E-state index contributed by atoms with van der Waals surface area (Å²) in [6.45, 7) is 3.80. The second kappa shape index (κ2) is 12.0. The van der Waals surface area contributed by atoms with Crippen LogP contribution in [-0.4, -0.2) is 59.3 Å². The maximum absolute atomic E-state index is 11.9. The van der Waals surface area contributed by atoms with Crippen molar-refractivity contribution in [3.8, 4) is 0 Å². The van der Waals surface area contributed by atoms with E-state index in [4.69, 9.17) is 9.57 Å². The summed E-state index contributed by atoms with van der Waals surface area (Å²) >= 11 is 0. The van der Waals surface area contributed by atoms with Gasteiger partial charge in [0.1, 0.15) is 5.82 Å². The quantitative estimate of drug-likeness (QED) is 0.471. The van der Waals surface area contributed by atoms with E-state index in [1.807, 2.05) is 0 Å². The number of ether oxygens (including phenoxy) is 1. The largest absolute Gasteiger partial charge is 0.365 e. The van der Waals surface area contributed by atoms with Gasteiger partial charge in [-0.2, -0.15) is 0 Å². The second-order valence-corrected chi connectivity index (χ2v) is 8.32. The highest BCUT2D eigenvalue weighted by molar-refractivity contribution is 5.90. The highest BCUT2D eigenvalue weighted by Crippen LogP contribution is 2.21. The molecule has 2 aliphatic rings. The molecule has 8 nitrogen and oxygen atoms in total. The minimum Gasteiger partial charge on any atom is -0.365 e. The summed E-state index contributed by atoms with van der Waals surface area (Å²) in [5.41, 5.74) is 3.00. The molecule has 2 heterocycles. The lowest BCUT2D eigenvalue weighted by Gasteiger charge is -2.33. The van der Waals surface area contributed by atoms with Gasteiger partial charge < -0.3 is 15.0 Å². The van der Waals surface area contributed by atoms with Crippen molar-refractivity contribution in [3.05, 3.63) is 24.2 Å². The summed E-state index contributed by atoms with van der Waals surface area (Å²) in [4.78, 5) is 28.3. The lowest BCUT2D eigenvalue weighted by atomic mass is 9.94. The Morgan fingerprint density at radius 1 is 1.23 bits per heavy atom. The average molecular weight is 418 g/mol. The summed E-state index contributed by atoms with van der Waals surface area (Å²) in [6.07, 6.45) is 15.5. The molecule has 1 amide bonds. The van der Waals surface area contributed by atoms with Gasteiger partial charge in [0.25, 0.3) is 5.91 Å². The molecule has 1 aromatic rings. The molecule has 3 rings (SSSR count). The maximum atomic E-state index is 11.9. The molecule has 0 bridgehead atoms. The van der Waals surface area contributed by atoms with Crippen molar-refractivity contribution >= 4 is 17.8 Å². The summed E-state index contributed by atoms with van der Waals surface area (Å²) < 4.78 is 5.40. The van der Waals surface area contributed by atoms with Gasteiger partial charge in [0.05, 0.1) is 18.1 Å². The van der Waals surface area contributed by atoms with E-state index in [0.717, 1.165) is 31.6 Å². The van der Waals surface area contributed by atoms with Crippen LogP contribution in [0.1, 0.15) is 64.0 Å². The van der Waals surface area contributed by atoms with Crippen molar-refractivity contribution in [3.63, 3.8) is 0 Å². The number of amides is 1. The number of rotatable bonds is 9. The van der Waals surface area contributed by atoms with Crippen LogP contribution in [0.4, 0.5) is 5.82 Å². The molecular weight excluding hydrogens is 382 g/mol. The third-order valence-corrected chi connectivity index (χ3v) is 5.66. The van der Waals surface area contributed by atoms with E-state index >= 15 is 0 Å². The standard InChI is InChI=1S/C22H35N5O3/c1-17(16-27(2)19-8-4-3-5-9-19)25-20-15-23-18(14-24-20)11-12-21(28)26-30-22-10-6-7-13-29-22/h11-12,14-15,17,19,22H,3-10,13,16H2,1-2H3,(H,24,25)(H,26,28)/t17-,22?/m1/s1. The molecule has 0 radical (unpaired) electrons. The Kier molecular flexibility index (Phi) is 9.04. The zero-order chi connectivity index (χ0) is 21.2. The molecule has 1 saturated carbocycles. The van der Waals surface area contributed by atoms with Crippen molar-refractivity contribution in [2.24, 2.45) is 0 Å². The van der Waals surface area contributed by atoms with E-state index in [2.05, 4.69) is 39.6 Å². The van der Waals surface area contributed by atoms with Gasteiger partial charge >= 0.3 is 0 Å². The minimum absolute atomic E-state index is 0.276. The first-order chi connectivity index (χ1) is 14.6. The van der Waals surface area contributed by atoms with Gasteiger partial charge in [0, 0.05) is 37.7 Å². The fourth-order valence-electron chi connectivity index (χ4n) is 4.02. The number of nitrogens with zero attached hydrogens (tertiary/aromatic N) is 3. The van der Waals surface area contributed by atoms with Crippen molar-refractivity contribution in [1.29, 1.82) is 0 Å². The van der Waals surface area contributed by atoms with Gasteiger partial charge in [-0.25, -0.2) is 15.3 Å². The topological polar surface area (TPSA) is 88.6 Å². The normalized spacial score (nSPS) is 21.6. The molecule has 2 atom stereocenters. The lowest BCUT2D eigenvalue weighted by molar-refractivity contribution is -0.198. The molecule has 8 heteroatoms. The summed E-state index contributed by atoms with van der Waals surface area (Å²) in [5.74, 6) is 0.381.